The fourth-order valence-corrected chi connectivity index (χ4v) is 22.5. The Hall–Kier alpha value is -10.6. The van der Waals surface area contributed by atoms with Crippen molar-refractivity contribution in [3.63, 3.8) is 0 Å². The summed E-state index contributed by atoms with van der Waals surface area (Å²) < 4.78 is 80.1. The number of rotatable bonds is 17. The number of pyridine rings is 1. The second kappa shape index (κ2) is 42.5. The van der Waals surface area contributed by atoms with Crippen LogP contribution in [0.1, 0.15) is 59.9 Å². The van der Waals surface area contributed by atoms with Crippen molar-refractivity contribution in [2.45, 2.75) is 50.0 Å². The predicted octanol–water partition coefficient (Wildman–Crippen LogP) is 21.3. The van der Waals surface area contributed by atoms with Gasteiger partial charge in [-0.3, -0.25) is 9.78 Å². The summed E-state index contributed by atoms with van der Waals surface area (Å²) in [5.41, 5.74) is -1.32. The molecule has 15 aromatic rings. The van der Waals surface area contributed by atoms with Crippen molar-refractivity contribution in [2.75, 3.05) is 0 Å². The van der Waals surface area contributed by atoms with Crippen molar-refractivity contribution in [3.05, 3.63) is 471 Å². The maximum atomic E-state index is 13.4. The fourth-order valence-electron chi connectivity index (χ4n) is 13.3. The van der Waals surface area contributed by atoms with Crippen LogP contribution < -0.4 is 69.0 Å². The molecule has 0 saturated heterocycles. The molecular formula is C100H84F6N2OP4Pd. The van der Waals surface area contributed by atoms with Gasteiger partial charge in [-0.05, 0) is 168 Å². The first-order chi connectivity index (χ1) is 55.2. The van der Waals surface area contributed by atoms with Gasteiger partial charge in [0.2, 0.25) is 5.91 Å². The zero-order valence-corrected chi connectivity index (χ0v) is 67.7. The monoisotopic (exact) mass is 1670 g/mol. The molecule has 1 aliphatic carbocycles. The molecule has 1 aliphatic rings. The van der Waals surface area contributed by atoms with E-state index in [9.17, 15) is 31.1 Å². The van der Waals surface area contributed by atoms with E-state index in [-0.39, 0.29) is 32.1 Å². The second-order valence-corrected chi connectivity index (χ2v) is 35.4. The van der Waals surface area contributed by atoms with Gasteiger partial charge in [0.25, 0.3) is 0 Å². The molecule has 1 heterocycles. The van der Waals surface area contributed by atoms with Crippen LogP contribution in [0.15, 0.2) is 443 Å². The van der Waals surface area contributed by atoms with E-state index in [1.165, 1.54) is 70.6 Å². The molecule has 0 radical (unpaired) electrons. The van der Waals surface area contributed by atoms with Gasteiger partial charge >= 0.3 is 12.4 Å². The molecule has 114 heavy (non-hydrogen) atoms. The number of carbonyl (C=O) groups is 1. The third-order valence-electron chi connectivity index (χ3n) is 18.9. The van der Waals surface area contributed by atoms with Gasteiger partial charge in [0.05, 0.1) is 22.6 Å². The van der Waals surface area contributed by atoms with Gasteiger partial charge in [-0.1, -0.05) is 406 Å². The van der Waals surface area contributed by atoms with E-state index in [0.717, 1.165) is 16.7 Å². The quantitative estimate of drug-likeness (QED) is 0.0561. The SMILES string of the molecule is CC(C(=O)NC1(c2ccccc2)CC=C(c2cccnc2)CC1)c1cc(C(F)(F)F)cc(C(F)(F)F)c1.[Pd].c1ccc(P(c2ccccc2)c2ccccc2)cc1.c1ccc(P(c2ccccc2)c2ccccc2)cc1.c1ccc(P(c2ccccc2)c2ccccc2)cc1.c1ccc(P(c2ccccc2)c2ccccc2)cc1. The standard InChI is InChI=1S/C28H24F6N2O.4C18H15P.Pd/c1-18(21-14-23(27(29,30)31)16-24(15-21)28(32,33)34)25(37)36-26(22-7-3-2-4-8-22)11-9-19(10-12-26)20-6-5-13-35-17-20;4*1-4-10-16(11-5-1)19(17-12-6-2-7-13-17)18-14-8-3-9-15-18;/h2-9,13-18H,10-12H2,1H3,(H,36,37);4*1-15H;. The summed E-state index contributed by atoms with van der Waals surface area (Å²) >= 11 is 0. The number of nitrogens with one attached hydrogen (secondary N) is 1. The Kier molecular flexibility index (Phi) is 31.4. The van der Waals surface area contributed by atoms with E-state index in [1.807, 2.05) is 48.5 Å². The Morgan fingerprint density at radius 2 is 0.579 bits per heavy atom. The van der Waals surface area contributed by atoms with E-state index >= 15 is 0 Å². The molecule has 3 nitrogen and oxygen atoms in total. The van der Waals surface area contributed by atoms with Crippen LogP contribution in [0.5, 0.6) is 0 Å². The molecule has 0 saturated carbocycles. The van der Waals surface area contributed by atoms with Crippen LogP contribution in [0.3, 0.4) is 0 Å². The van der Waals surface area contributed by atoms with Crippen molar-refractivity contribution < 1.29 is 51.6 Å². The Morgan fingerprint density at radius 3 is 0.781 bits per heavy atom. The number of hydrogen-bond donors (Lipinski definition) is 1. The van der Waals surface area contributed by atoms with E-state index in [1.54, 1.807) is 12.4 Å². The average molecular weight is 1670 g/mol. The van der Waals surface area contributed by atoms with Gasteiger partial charge < -0.3 is 5.32 Å². The molecule has 572 valence electrons. The molecule has 0 spiro atoms. The van der Waals surface area contributed by atoms with Gasteiger partial charge in [0.15, 0.2) is 0 Å². The molecule has 1 amide bonds. The van der Waals surface area contributed by atoms with Gasteiger partial charge in [-0.25, -0.2) is 0 Å². The molecule has 0 fully saturated rings. The predicted molar refractivity (Wildman–Crippen MR) is 468 cm³/mol. The zero-order valence-electron chi connectivity index (χ0n) is 62.6. The van der Waals surface area contributed by atoms with E-state index in [4.69, 9.17) is 0 Å². The molecule has 0 aliphatic heterocycles. The topological polar surface area (TPSA) is 42.0 Å². The first-order valence-corrected chi connectivity index (χ1v) is 42.6. The average Bonchev–Trinajstić information content (AvgIpc) is 0.776. The Bertz CT molecular complexity index is 4440. The van der Waals surface area contributed by atoms with Crippen molar-refractivity contribution in [1.29, 1.82) is 0 Å². The molecule has 1 aromatic heterocycles. The number of halogens is 6. The third-order valence-corrected chi connectivity index (χ3v) is 28.7. The van der Waals surface area contributed by atoms with Crippen LogP contribution in [0.2, 0.25) is 0 Å². The van der Waals surface area contributed by atoms with Crippen molar-refractivity contribution in [2.24, 2.45) is 0 Å². The van der Waals surface area contributed by atoms with Crippen LogP contribution in [0, 0.1) is 0 Å². The van der Waals surface area contributed by atoms with Gasteiger partial charge in [0.1, 0.15) is 0 Å². The first-order valence-electron chi connectivity index (χ1n) is 37.3. The molecular weight excluding hydrogens is 1590 g/mol. The summed E-state index contributed by atoms with van der Waals surface area (Å²) in [4.78, 5) is 17.5. The molecule has 2 unspecified atom stereocenters. The smallest absolute Gasteiger partial charge is 0.346 e. The normalized spacial score (nSPS) is 13.3. The van der Waals surface area contributed by atoms with E-state index in [2.05, 4.69) is 374 Å². The van der Waals surface area contributed by atoms with Gasteiger partial charge in [-0.15, -0.1) is 0 Å². The number of amides is 1. The first kappa shape index (κ1) is 84.3. The molecule has 2 atom stereocenters. The summed E-state index contributed by atoms with van der Waals surface area (Å²) in [6.07, 6.45) is -3.10. The Labute approximate surface area is 684 Å². The largest absolute Gasteiger partial charge is 0.416 e. The number of carbonyl (C=O) groups excluding carboxylic acids is 1. The molecule has 1 N–H and O–H groups in total. The third kappa shape index (κ3) is 23.5. The second-order valence-electron chi connectivity index (χ2n) is 26.5. The summed E-state index contributed by atoms with van der Waals surface area (Å²) in [6, 6.07) is 143. The van der Waals surface area contributed by atoms with Crippen LogP contribution in [-0.4, -0.2) is 10.9 Å². The van der Waals surface area contributed by atoms with Gasteiger partial charge in [-0.2, -0.15) is 26.3 Å². The Morgan fingerprint density at radius 1 is 0.342 bits per heavy atom. The molecule has 0 bridgehead atoms. The van der Waals surface area contributed by atoms with Crippen LogP contribution in [-0.2, 0) is 43.1 Å². The minimum absolute atomic E-state index is 0. The minimum Gasteiger partial charge on any atom is -0.346 e. The number of benzene rings is 14. The van der Waals surface area contributed by atoms with Gasteiger partial charge in [0, 0.05) is 32.8 Å². The number of hydrogen-bond acceptors (Lipinski definition) is 2. The summed E-state index contributed by atoms with van der Waals surface area (Å²) in [7, 11) is -1.78. The van der Waals surface area contributed by atoms with E-state index < -0.39 is 72.5 Å². The fraction of sp³-hybridized carbons (Fsp3) is 0.0800. The summed E-state index contributed by atoms with van der Waals surface area (Å²) in [6.45, 7) is 1.31. The number of alkyl halides is 6. The molecule has 14 heteroatoms. The van der Waals surface area contributed by atoms with Crippen LogP contribution in [0.4, 0.5) is 26.3 Å². The van der Waals surface area contributed by atoms with Crippen LogP contribution >= 0.6 is 31.7 Å². The maximum absolute atomic E-state index is 13.4. The summed E-state index contributed by atoms with van der Waals surface area (Å²) in [5.74, 6) is -1.91. The van der Waals surface area contributed by atoms with Crippen molar-refractivity contribution >= 4 is 107 Å². The summed E-state index contributed by atoms with van der Waals surface area (Å²) in [5, 5.41) is 19.8. The number of nitrogens with zero attached hydrogens (tertiary/aromatic N) is 1. The molecule has 16 rings (SSSR count). The minimum atomic E-state index is -4.99. The van der Waals surface area contributed by atoms with Crippen molar-refractivity contribution in [3.8, 4) is 0 Å². The van der Waals surface area contributed by atoms with Crippen molar-refractivity contribution in [1.82, 2.24) is 10.3 Å². The zero-order chi connectivity index (χ0) is 78.5. The molecule has 14 aromatic carbocycles. The maximum Gasteiger partial charge on any atom is 0.416 e. The Balaban J connectivity index is 0.000000145. The van der Waals surface area contributed by atoms with Crippen LogP contribution in [0.25, 0.3) is 5.57 Å². The number of allylic oxidation sites excluding steroid dienone is 1. The van der Waals surface area contributed by atoms with E-state index in [0.29, 0.717) is 31.4 Å². The number of aromatic nitrogens is 1.